The van der Waals surface area contributed by atoms with E-state index in [1.807, 2.05) is 28.8 Å². The van der Waals surface area contributed by atoms with E-state index in [1.165, 1.54) is 30.9 Å². The van der Waals surface area contributed by atoms with Gasteiger partial charge < -0.3 is 5.32 Å². The lowest BCUT2D eigenvalue weighted by atomic mass is 9.96. The van der Waals surface area contributed by atoms with Crippen LogP contribution in [0.1, 0.15) is 37.7 Å². The normalized spacial score (nSPS) is 15.2. The van der Waals surface area contributed by atoms with Crippen LogP contribution in [-0.4, -0.2) is 24.7 Å². The van der Waals surface area contributed by atoms with Crippen LogP contribution in [0.25, 0.3) is 11.2 Å². The smallest absolute Gasteiger partial charge is 0.332 e. The van der Waals surface area contributed by atoms with Gasteiger partial charge in [0.05, 0.1) is 6.54 Å². The minimum Gasteiger partial charge on any atom is -0.353 e. The Bertz CT molecular complexity index is 1140. The van der Waals surface area contributed by atoms with E-state index in [0.717, 1.165) is 27.4 Å². The SMILES string of the molecule is Cn1c(=O)c2c(nc(NC3CCCCC3)n2Cc2cccc(Br)c2)n(C)c1=O. The molecule has 0 spiro atoms. The highest BCUT2D eigenvalue weighted by molar-refractivity contribution is 9.10. The maximum Gasteiger partial charge on any atom is 0.332 e. The summed E-state index contributed by atoms with van der Waals surface area (Å²) < 4.78 is 5.48. The van der Waals surface area contributed by atoms with Gasteiger partial charge in [-0.3, -0.25) is 18.5 Å². The Labute approximate surface area is 171 Å². The van der Waals surface area contributed by atoms with Gasteiger partial charge in [-0.25, -0.2) is 4.79 Å². The molecule has 8 heteroatoms. The van der Waals surface area contributed by atoms with E-state index < -0.39 is 0 Å². The second-order valence-corrected chi connectivity index (χ2v) is 8.42. The minimum absolute atomic E-state index is 0.322. The molecule has 4 rings (SSSR count). The summed E-state index contributed by atoms with van der Waals surface area (Å²) in [6.45, 7) is 0.498. The summed E-state index contributed by atoms with van der Waals surface area (Å²) in [5.74, 6) is 0.653. The molecule has 1 aliphatic carbocycles. The van der Waals surface area contributed by atoms with E-state index in [1.54, 1.807) is 7.05 Å². The van der Waals surface area contributed by atoms with Crippen LogP contribution in [0.15, 0.2) is 38.3 Å². The summed E-state index contributed by atoms with van der Waals surface area (Å²) >= 11 is 3.51. The molecule has 0 aliphatic heterocycles. The highest BCUT2D eigenvalue weighted by Gasteiger charge is 2.22. The Balaban J connectivity index is 1.88. The molecule has 0 saturated heterocycles. The largest absolute Gasteiger partial charge is 0.353 e. The number of benzene rings is 1. The number of hydrogen-bond acceptors (Lipinski definition) is 4. The van der Waals surface area contributed by atoms with Crippen molar-refractivity contribution in [3.8, 4) is 0 Å². The summed E-state index contributed by atoms with van der Waals surface area (Å²) in [5.41, 5.74) is 1.23. The number of nitrogens with zero attached hydrogens (tertiary/aromatic N) is 4. The third-order valence-electron chi connectivity index (χ3n) is 5.52. The van der Waals surface area contributed by atoms with Crippen molar-refractivity contribution in [1.82, 2.24) is 18.7 Å². The highest BCUT2D eigenvalue weighted by Crippen LogP contribution is 2.24. The zero-order valence-electron chi connectivity index (χ0n) is 16.1. The summed E-state index contributed by atoms with van der Waals surface area (Å²) in [6.07, 6.45) is 5.85. The number of anilines is 1. The number of nitrogens with one attached hydrogen (secondary N) is 1. The van der Waals surface area contributed by atoms with E-state index in [4.69, 9.17) is 0 Å². The summed E-state index contributed by atoms with van der Waals surface area (Å²) in [6, 6.07) is 8.34. The summed E-state index contributed by atoms with van der Waals surface area (Å²) in [7, 11) is 3.17. The van der Waals surface area contributed by atoms with Gasteiger partial charge in [0, 0.05) is 24.6 Å². The molecule has 3 aromatic rings. The van der Waals surface area contributed by atoms with Gasteiger partial charge >= 0.3 is 5.69 Å². The first-order chi connectivity index (χ1) is 13.5. The number of imidazole rings is 1. The minimum atomic E-state index is -0.367. The van der Waals surface area contributed by atoms with Crippen LogP contribution >= 0.6 is 15.9 Å². The molecule has 1 N–H and O–H groups in total. The second-order valence-electron chi connectivity index (χ2n) is 7.51. The monoisotopic (exact) mass is 445 g/mol. The van der Waals surface area contributed by atoms with Crippen LogP contribution in [0.3, 0.4) is 0 Å². The van der Waals surface area contributed by atoms with Gasteiger partial charge in [0.1, 0.15) is 0 Å². The average Bonchev–Trinajstić information content (AvgIpc) is 3.03. The molecule has 2 aromatic heterocycles. The molecular weight excluding hydrogens is 422 g/mol. The number of hydrogen-bond donors (Lipinski definition) is 1. The van der Waals surface area contributed by atoms with Crippen LogP contribution in [0.2, 0.25) is 0 Å². The Kier molecular flexibility index (Phi) is 5.14. The first kappa shape index (κ1) is 19.0. The summed E-state index contributed by atoms with van der Waals surface area (Å²) in [5, 5.41) is 3.54. The number of rotatable bonds is 4. The van der Waals surface area contributed by atoms with Crippen molar-refractivity contribution >= 4 is 33.0 Å². The Morgan fingerprint density at radius 1 is 1.14 bits per heavy atom. The maximum atomic E-state index is 12.9. The lowest BCUT2D eigenvalue weighted by Gasteiger charge is -2.23. The average molecular weight is 446 g/mol. The summed E-state index contributed by atoms with van der Waals surface area (Å²) in [4.78, 5) is 30.0. The van der Waals surface area contributed by atoms with Crippen molar-refractivity contribution in [3.63, 3.8) is 0 Å². The fourth-order valence-electron chi connectivity index (χ4n) is 3.96. The van der Waals surface area contributed by atoms with E-state index >= 15 is 0 Å². The molecule has 28 heavy (non-hydrogen) atoms. The number of halogens is 1. The Morgan fingerprint density at radius 2 is 1.89 bits per heavy atom. The van der Waals surface area contributed by atoms with E-state index in [9.17, 15) is 9.59 Å². The van der Waals surface area contributed by atoms with Crippen molar-refractivity contribution in [2.45, 2.75) is 44.7 Å². The van der Waals surface area contributed by atoms with Crippen LogP contribution in [0.4, 0.5) is 5.95 Å². The molecule has 0 atom stereocenters. The highest BCUT2D eigenvalue weighted by atomic mass is 79.9. The molecule has 0 bridgehead atoms. The van der Waals surface area contributed by atoms with E-state index in [-0.39, 0.29) is 11.2 Å². The lowest BCUT2D eigenvalue weighted by molar-refractivity contribution is 0.459. The molecule has 1 aromatic carbocycles. The van der Waals surface area contributed by atoms with Gasteiger partial charge in [-0.05, 0) is 30.5 Å². The molecule has 2 heterocycles. The predicted octanol–water partition coefficient (Wildman–Crippen LogP) is 2.99. The van der Waals surface area contributed by atoms with Gasteiger partial charge in [-0.15, -0.1) is 0 Å². The van der Waals surface area contributed by atoms with Crippen molar-refractivity contribution < 1.29 is 0 Å². The van der Waals surface area contributed by atoms with Crippen molar-refractivity contribution in [2.75, 3.05) is 5.32 Å². The van der Waals surface area contributed by atoms with Gasteiger partial charge in [0.25, 0.3) is 5.56 Å². The van der Waals surface area contributed by atoms with Gasteiger partial charge in [0.15, 0.2) is 11.2 Å². The molecular formula is C20H24BrN5O2. The second kappa shape index (κ2) is 7.58. The predicted molar refractivity (Wildman–Crippen MR) is 114 cm³/mol. The van der Waals surface area contributed by atoms with Gasteiger partial charge in [-0.2, -0.15) is 4.98 Å². The molecule has 1 aliphatic rings. The van der Waals surface area contributed by atoms with Crippen LogP contribution in [0, 0.1) is 0 Å². The molecule has 1 fully saturated rings. The number of aryl methyl sites for hydroxylation is 1. The fraction of sp³-hybridized carbons (Fsp3) is 0.450. The van der Waals surface area contributed by atoms with Gasteiger partial charge in [-0.1, -0.05) is 47.3 Å². The molecule has 0 unspecified atom stereocenters. The lowest BCUT2D eigenvalue weighted by Crippen LogP contribution is -2.37. The van der Waals surface area contributed by atoms with E-state index in [0.29, 0.717) is 29.7 Å². The van der Waals surface area contributed by atoms with Crippen molar-refractivity contribution in [3.05, 3.63) is 55.1 Å². The molecule has 1 saturated carbocycles. The van der Waals surface area contributed by atoms with Crippen LogP contribution in [-0.2, 0) is 20.6 Å². The van der Waals surface area contributed by atoms with Crippen LogP contribution in [0.5, 0.6) is 0 Å². The van der Waals surface area contributed by atoms with Crippen molar-refractivity contribution in [2.24, 2.45) is 14.1 Å². The molecule has 0 amide bonds. The quantitative estimate of drug-likeness (QED) is 0.669. The first-order valence-electron chi connectivity index (χ1n) is 9.63. The molecule has 0 radical (unpaired) electrons. The Morgan fingerprint density at radius 3 is 2.61 bits per heavy atom. The fourth-order valence-corrected chi connectivity index (χ4v) is 4.40. The van der Waals surface area contributed by atoms with E-state index in [2.05, 4.69) is 26.2 Å². The standard InChI is InChI=1S/C20H24BrN5O2/c1-24-17-16(18(27)25(2)20(24)28)26(12-13-7-6-8-14(21)11-13)19(23-17)22-15-9-4-3-5-10-15/h6-8,11,15H,3-5,9-10,12H2,1-2H3,(H,22,23). The molecule has 7 nitrogen and oxygen atoms in total. The zero-order chi connectivity index (χ0) is 19.8. The first-order valence-corrected chi connectivity index (χ1v) is 10.4. The number of fused-ring (bicyclic) bond motifs is 1. The topological polar surface area (TPSA) is 73.8 Å². The zero-order valence-corrected chi connectivity index (χ0v) is 17.7. The maximum absolute atomic E-state index is 12.9. The third-order valence-corrected chi connectivity index (χ3v) is 6.01. The van der Waals surface area contributed by atoms with Crippen molar-refractivity contribution in [1.29, 1.82) is 0 Å². The molecule has 148 valence electrons. The van der Waals surface area contributed by atoms with Gasteiger partial charge in [0.2, 0.25) is 5.95 Å². The van der Waals surface area contributed by atoms with Crippen LogP contribution < -0.4 is 16.6 Å². The Hall–Kier alpha value is -2.35. The third kappa shape index (κ3) is 3.41. The number of aromatic nitrogens is 4.